The predicted octanol–water partition coefficient (Wildman–Crippen LogP) is 3.39. The van der Waals surface area contributed by atoms with Gasteiger partial charge in [0.05, 0.1) is 25.0 Å². The zero-order valence-electron chi connectivity index (χ0n) is 15.1. The second-order valence-corrected chi connectivity index (χ2v) is 5.62. The molecule has 1 amide bonds. The summed E-state index contributed by atoms with van der Waals surface area (Å²) in [6.07, 6.45) is 1.47. The molecule has 1 heterocycles. The number of hydrogen-bond donors (Lipinski definition) is 2. The molecule has 27 heavy (non-hydrogen) atoms. The van der Waals surface area contributed by atoms with E-state index >= 15 is 0 Å². The summed E-state index contributed by atoms with van der Waals surface area (Å²) in [5, 5.41) is 3.16. The quantitative estimate of drug-likeness (QED) is 0.667. The number of anilines is 2. The van der Waals surface area contributed by atoms with E-state index in [0.717, 1.165) is 17.0 Å². The van der Waals surface area contributed by atoms with Gasteiger partial charge in [-0.2, -0.15) is 0 Å². The Bertz CT molecular complexity index is 959. The van der Waals surface area contributed by atoms with Crippen molar-refractivity contribution >= 4 is 17.4 Å². The van der Waals surface area contributed by atoms with Gasteiger partial charge in [-0.3, -0.25) is 4.79 Å². The lowest BCUT2D eigenvalue weighted by Gasteiger charge is -2.12. The Morgan fingerprint density at radius 1 is 1.11 bits per heavy atom. The van der Waals surface area contributed by atoms with E-state index in [1.807, 2.05) is 37.3 Å². The van der Waals surface area contributed by atoms with Crippen molar-refractivity contribution in [2.24, 2.45) is 5.73 Å². The summed E-state index contributed by atoms with van der Waals surface area (Å²) in [4.78, 5) is 20.2. The third-order valence-electron chi connectivity index (χ3n) is 3.87. The van der Waals surface area contributed by atoms with Crippen LogP contribution in [0.4, 0.5) is 11.5 Å². The molecule has 0 aliphatic carbocycles. The van der Waals surface area contributed by atoms with E-state index in [0.29, 0.717) is 29.4 Å². The number of amides is 1. The zero-order chi connectivity index (χ0) is 19.2. The highest BCUT2D eigenvalue weighted by Gasteiger charge is 2.11. The first-order valence-corrected chi connectivity index (χ1v) is 8.41. The molecule has 1 aromatic heterocycles. The van der Waals surface area contributed by atoms with Gasteiger partial charge in [-0.1, -0.05) is 12.1 Å². The highest BCUT2D eigenvalue weighted by molar-refractivity contribution is 5.96. The molecular formula is C20H20N4O3. The first kappa shape index (κ1) is 18.2. The van der Waals surface area contributed by atoms with Crippen LogP contribution in [0.2, 0.25) is 0 Å². The van der Waals surface area contributed by atoms with Gasteiger partial charge in [0, 0.05) is 17.3 Å². The maximum atomic E-state index is 11.6. The highest BCUT2D eigenvalue weighted by atomic mass is 16.5. The molecular weight excluding hydrogens is 344 g/mol. The normalized spacial score (nSPS) is 10.3. The van der Waals surface area contributed by atoms with Crippen LogP contribution < -0.4 is 20.5 Å². The van der Waals surface area contributed by atoms with Crippen LogP contribution >= 0.6 is 0 Å². The number of nitrogens with two attached hydrogens (primary N) is 1. The zero-order valence-corrected chi connectivity index (χ0v) is 15.1. The lowest BCUT2D eigenvalue weighted by Crippen LogP contribution is -2.12. The van der Waals surface area contributed by atoms with Gasteiger partial charge in [0.25, 0.3) is 5.91 Å². The molecule has 0 fully saturated rings. The molecule has 0 saturated carbocycles. The molecule has 3 rings (SSSR count). The van der Waals surface area contributed by atoms with E-state index in [4.69, 9.17) is 15.2 Å². The van der Waals surface area contributed by atoms with Crippen LogP contribution in [-0.2, 0) is 0 Å². The summed E-state index contributed by atoms with van der Waals surface area (Å²) in [5.41, 5.74) is 7.96. The van der Waals surface area contributed by atoms with Gasteiger partial charge >= 0.3 is 0 Å². The number of para-hydroxylation sites is 1. The van der Waals surface area contributed by atoms with Gasteiger partial charge in [0.15, 0.2) is 0 Å². The van der Waals surface area contributed by atoms with Crippen LogP contribution in [0.25, 0.3) is 11.3 Å². The highest BCUT2D eigenvalue weighted by Crippen LogP contribution is 2.30. The summed E-state index contributed by atoms with van der Waals surface area (Å²) in [7, 11) is 1.49. The fourth-order valence-electron chi connectivity index (χ4n) is 2.66. The van der Waals surface area contributed by atoms with Gasteiger partial charge in [-0.05, 0) is 37.3 Å². The van der Waals surface area contributed by atoms with Gasteiger partial charge in [-0.15, -0.1) is 0 Å². The number of rotatable bonds is 7. The predicted molar refractivity (Wildman–Crippen MR) is 103 cm³/mol. The Hall–Kier alpha value is -3.61. The molecule has 0 saturated heterocycles. The molecule has 7 heteroatoms. The third kappa shape index (κ3) is 4.14. The number of nitrogens with zero attached hydrogens (tertiary/aromatic N) is 2. The van der Waals surface area contributed by atoms with Crippen molar-refractivity contribution in [3.8, 4) is 22.8 Å². The topological polar surface area (TPSA) is 99.4 Å². The monoisotopic (exact) mass is 364 g/mol. The van der Waals surface area contributed by atoms with Crippen LogP contribution in [0.15, 0.2) is 54.9 Å². The fraction of sp³-hybridized carbons (Fsp3) is 0.150. The largest absolute Gasteiger partial charge is 0.496 e. The molecule has 0 atom stereocenters. The number of ether oxygens (including phenoxy) is 2. The Morgan fingerprint density at radius 2 is 1.93 bits per heavy atom. The van der Waals surface area contributed by atoms with Crippen LogP contribution in [-0.4, -0.2) is 29.6 Å². The van der Waals surface area contributed by atoms with E-state index < -0.39 is 5.91 Å². The van der Waals surface area contributed by atoms with Crippen LogP contribution in [0.3, 0.4) is 0 Å². The van der Waals surface area contributed by atoms with E-state index in [9.17, 15) is 4.79 Å². The van der Waals surface area contributed by atoms with Gasteiger partial charge in [0.1, 0.15) is 23.6 Å². The molecule has 3 aromatic rings. The van der Waals surface area contributed by atoms with Crippen molar-refractivity contribution in [3.05, 3.63) is 60.4 Å². The minimum atomic E-state index is -0.565. The minimum Gasteiger partial charge on any atom is -0.496 e. The van der Waals surface area contributed by atoms with Crippen LogP contribution in [0, 0.1) is 0 Å². The molecule has 0 aliphatic rings. The molecule has 7 nitrogen and oxygen atoms in total. The van der Waals surface area contributed by atoms with Crippen molar-refractivity contribution in [2.45, 2.75) is 6.92 Å². The van der Waals surface area contributed by atoms with Crippen molar-refractivity contribution in [3.63, 3.8) is 0 Å². The molecule has 0 radical (unpaired) electrons. The Labute approximate surface area is 157 Å². The summed E-state index contributed by atoms with van der Waals surface area (Å²) >= 11 is 0. The van der Waals surface area contributed by atoms with Gasteiger partial charge in [-0.25, -0.2) is 9.97 Å². The van der Waals surface area contributed by atoms with Crippen LogP contribution in [0.5, 0.6) is 11.5 Å². The summed E-state index contributed by atoms with van der Waals surface area (Å²) in [5.74, 6) is 1.18. The van der Waals surface area contributed by atoms with Crippen molar-refractivity contribution < 1.29 is 14.3 Å². The molecule has 138 valence electrons. The fourth-order valence-corrected chi connectivity index (χ4v) is 2.66. The first-order chi connectivity index (χ1) is 13.1. The number of benzene rings is 2. The molecule has 0 unspecified atom stereocenters. The standard InChI is InChI=1S/C20H20N4O3/c1-3-27-18-7-5-4-6-14(18)16-11-19(23-12-22-16)24-13-8-9-17(26-2)15(10-13)20(21)25/h4-12H,3H2,1-2H3,(H2,21,25)(H,22,23,24). The lowest BCUT2D eigenvalue weighted by atomic mass is 10.1. The summed E-state index contributed by atoms with van der Waals surface area (Å²) in [6, 6.07) is 14.6. The lowest BCUT2D eigenvalue weighted by molar-refractivity contribution is 0.0997. The van der Waals surface area contributed by atoms with E-state index in [1.165, 1.54) is 13.4 Å². The Balaban J connectivity index is 1.91. The Morgan fingerprint density at radius 3 is 2.67 bits per heavy atom. The molecule has 2 aromatic carbocycles. The van der Waals surface area contributed by atoms with Crippen molar-refractivity contribution in [1.29, 1.82) is 0 Å². The average molecular weight is 364 g/mol. The molecule has 3 N–H and O–H groups in total. The molecule has 0 spiro atoms. The van der Waals surface area contributed by atoms with Crippen molar-refractivity contribution in [1.82, 2.24) is 9.97 Å². The van der Waals surface area contributed by atoms with Gasteiger partial charge < -0.3 is 20.5 Å². The van der Waals surface area contributed by atoms with Gasteiger partial charge in [0.2, 0.25) is 0 Å². The minimum absolute atomic E-state index is 0.290. The number of aromatic nitrogens is 2. The SMILES string of the molecule is CCOc1ccccc1-c1cc(Nc2ccc(OC)c(C(N)=O)c2)ncn1. The maximum Gasteiger partial charge on any atom is 0.252 e. The maximum absolute atomic E-state index is 11.6. The smallest absolute Gasteiger partial charge is 0.252 e. The molecule has 0 bridgehead atoms. The Kier molecular flexibility index (Phi) is 5.51. The summed E-state index contributed by atoms with van der Waals surface area (Å²) < 4.78 is 10.8. The number of primary amides is 1. The summed E-state index contributed by atoms with van der Waals surface area (Å²) in [6.45, 7) is 2.50. The number of carbonyl (C=O) groups excluding carboxylic acids is 1. The van der Waals surface area contributed by atoms with Crippen molar-refractivity contribution in [2.75, 3.05) is 19.0 Å². The number of hydrogen-bond acceptors (Lipinski definition) is 6. The number of carbonyl (C=O) groups is 1. The number of methoxy groups -OCH3 is 1. The van der Waals surface area contributed by atoms with E-state index in [1.54, 1.807) is 18.2 Å². The van der Waals surface area contributed by atoms with E-state index in [-0.39, 0.29) is 0 Å². The van der Waals surface area contributed by atoms with E-state index in [2.05, 4.69) is 15.3 Å². The average Bonchev–Trinajstić information content (AvgIpc) is 2.69. The number of nitrogens with one attached hydrogen (secondary N) is 1. The second-order valence-electron chi connectivity index (χ2n) is 5.62. The third-order valence-corrected chi connectivity index (χ3v) is 3.87. The first-order valence-electron chi connectivity index (χ1n) is 8.41. The van der Waals surface area contributed by atoms with Crippen LogP contribution in [0.1, 0.15) is 17.3 Å². The second kappa shape index (κ2) is 8.18. The molecule has 0 aliphatic heterocycles.